The van der Waals surface area contributed by atoms with Crippen molar-refractivity contribution in [2.24, 2.45) is 0 Å². The van der Waals surface area contributed by atoms with Crippen molar-refractivity contribution in [2.75, 3.05) is 5.32 Å². The summed E-state index contributed by atoms with van der Waals surface area (Å²) in [4.78, 5) is 28.7. The molecular weight excluding hydrogens is 330 g/mol. The number of carbonyl (C=O) groups is 1. The Labute approximate surface area is 142 Å². The van der Waals surface area contributed by atoms with Gasteiger partial charge in [-0.05, 0) is 36.8 Å². The molecule has 3 rings (SSSR count). The monoisotopic (exact) mass is 343 g/mol. The smallest absolute Gasteiger partial charge is 0.261 e. The molecule has 0 atom stereocenters. The standard InChI is InChI=1S/C17H14ClN3O3/c1-10-6-11(18)7-14(16(10)23)20-15(22)8-21-9-19-13-5-3-2-4-12(13)17(21)24/h2-7,9,23H,8H2,1H3,(H,20,22). The van der Waals surface area contributed by atoms with Gasteiger partial charge in [-0.15, -0.1) is 0 Å². The molecule has 0 radical (unpaired) electrons. The summed E-state index contributed by atoms with van der Waals surface area (Å²) in [5.41, 5.74) is 1.01. The van der Waals surface area contributed by atoms with Crippen LogP contribution in [0, 0.1) is 6.92 Å². The largest absolute Gasteiger partial charge is 0.505 e. The lowest BCUT2D eigenvalue weighted by Crippen LogP contribution is -2.27. The molecule has 3 aromatic rings. The molecule has 1 aromatic heterocycles. The lowest BCUT2D eigenvalue weighted by molar-refractivity contribution is -0.116. The van der Waals surface area contributed by atoms with Crippen molar-refractivity contribution >= 4 is 34.1 Å². The summed E-state index contributed by atoms with van der Waals surface area (Å²) in [6, 6.07) is 9.95. The van der Waals surface area contributed by atoms with Gasteiger partial charge in [0.15, 0.2) is 0 Å². The minimum Gasteiger partial charge on any atom is -0.505 e. The van der Waals surface area contributed by atoms with E-state index in [1.807, 2.05) is 0 Å². The van der Waals surface area contributed by atoms with Crippen molar-refractivity contribution in [3.63, 3.8) is 0 Å². The van der Waals surface area contributed by atoms with Gasteiger partial charge < -0.3 is 10.4 Å². The molecule has 1 amide bonds. The van der Waals surface area contributed by atoms with E-state index in [-0.39, 0.29) is 23.5 Å². The van der Waals surface area contributed by atoms with Gasteiger partial charge in [-0.2, -0.15) is 0 Å². The number of nitrogens with zero attached hydrogens (tertiary/aromatic N) is 2. The number of amides is 1. The van der Waals surface area contributed by atoms with Crippen LogP contribution in [0.3, 0.4) is 0 Å². The zero-order chi connectivity index (χ0) is 17.3. The Morgan fingerprint density at radius 2 is 2.08 bits per heavy atom. The van der Waals surface area contributed by atoms with Crippen LogP contribution < -0.4 is 10.9 Å². The number of hydrogen-bond donors (Lipinski definition) is 2. The molecule has 24 heavy (non-hydrogen) atoms. The lowest BCUT2D eigenvalue weighted by Gasteiger charge is -2.11. The van der Waals surface area contributed by atoms with Crippen molar-refractivity contribution in [1.29, 1.82) is 0 Å². The molecule has 7 heteroatoms. The zero-order valence-corrected chi connectivity index (χ0v) is 13.5. The number of benzene rings is 2. The van der Waals surface area contributed by atoms with Gasteiger partial charge in [-0.3, -0.25) is 14.2 Å². The Kier molecular flexibility index (Phi) is 4.22. The lowest BCUT2D eigenvalue weighted by atomic mass is 10.2. The number of nitrogens with one attached hydrogen (secondary N) is 1. The molecule has 1 heterocycles. The van der Waals surface area contributed by atoms with E-state index in [0.29, 0.717) is 21.5 Å². The number of rotatable bonds is 3. The maximum absolute atomic E-state index is 12.4. The van der Waals surface area contributed by atoms with Crippen LogP contribution in [-0.2, 0) is 11.3 Å². The van der Waals surface area contributed by atoms with E-state index in [4.69, 9.17) is 11.6 Å². The summed E-state index contributed by atoms with van der Waals surface area (Å²) in [5, 5.41) is 13.4. The number of para-hydroxylation sites is 1. The minimum atomic E-state index is -0.467. The van der Waals surface area contributed by atoms with E-state index in [1.54, 1.807) is 37.3 Å². The number of phenolic OH excluding ortho intramolecular Hbond substituents is 1. The highest BCUT2D eigenvalue weighted by atomic mass is 35.5. The number of halogens is 1. The third-order valence-electron chi connectivity index (χ3n) is 3.58. The molecule has 0 aliphatic rings. The number of fused-ring (bicyclic) bond motifs is 1. The van der Waals surface area contributed by atoms with Crippen LogP contribution >= 0.6 is 11.6 Å². The molecule has 2 N–H and O–H groups in total. The predicted octanol–water partition coefficient (Wildman–Crippen LogP) is 2.70. The van der Waals surface area contributed by atoms with E-state index >= 15 is 0 Å². The second-order valence-electron chi connectivity index (χ2n) is 5.36. The first-order valence-electron chi connectivity index (χ1n) is 7.19. The topological polar surface area (TPSA) is 84.2 Å². The molecular formula is C17H14ClN3O3. The van der Waals surface area contributed by atoms with E-state index in [0.717, 1.165) is 0 Å². The summed E-state index contributed by atoms with van der Waals surface area (Å²) >= 11 is 5.93. The molecule has 0 bridgehead atoms. The number of aryl methyl sites for hydroxylation is 1. The van der Waals surface area contributed by atoms with E-state index < -0.39 is 5.91 Å². The fourth-order valence-corrected chi connectivity index (χ4v) is 2.67. The Balaban J connectivity index is 1.86. The average Bonchev–Trinajstić information content (AvgIpc) is 2.55. The normalized spacial score (nSPS) is 10.8. The number of carbonyl (C=O) groups excluding carboxylic acids is 1. The summed E-state index contributed by atoms with van der Waals surface area (Å²) < 4.78 is 1.21. The number of hydrogen-bond acceptors (Lipinski definition) is 4. The van der Waals surface area contributed by atoms with Crippen LogP contribution in [0.1, 0.15) is 5.56 Å². The van der Waals surface area contributed by atoms with E-state index in [9.17, 15) is 14.7 Å². The highest BCUT2D eigenvalue weighted by molar-refractivity contribution is 6.31. The quantitative estimate of drug-likeness (QED) is 0.716. The van der Waals surface area contributed by atoms with Gasteiger partial charge in [-0.25, -0.2) is 4.98 Å². The van der Waals surface area contributed by atoms with Crippen LogP contribution in [0.15, 0.2) is 47.5 Å². The molecule has 2 aromatic carbocycles. The predicted molar refractivity (Wildman–Crippen MR) is 92.5 cm³/mol. The Morgan fingerprint density at radius 1 is 1.33 bits per heavy atom. The van der Waals surface area contributed by atoms with Gasteiger partial charge in [0.05, 0.1) is 22.9 Å². The molecule has 0 unspecified atom stereocenters. The Bertz CT molecular complexity index is 998. The van der Waals surface area contributed by atoms with Crippen molar-refractivity contribution in [3.8, 4) is 5.75 Å². The molecule has 0 saturated carbocycles. The van der Waals surface area contributed by atoms with Crippen molar-refractivity contribution < 1.29 is 9.90 Å². The van der Waals surface area contributed by atoms with Crippen LogP contribution in [0.5, 0.6) is 5.75 Å². The number of phenols is 1. The van der Waals surface area contributed by atoms with E-state index in [1.165, 1.54) is 17.0 Å². The fraction of sp³-hybridized carbons (Fsp3) is 0.118. The van der Waals surface area contributed by atoms with Gasteiger partial charge in [0.25, 0.3) is 5.56 Å². The van der Waals surface area contributed by atoms with Crippen molar-refractivity contribution in [1.82, 2.24) is 9.55 Å². The first-order valence-corrected chi connectivity index (χ1v) is 7.56. The highest BCUT2D eigenvalue weighted by Crippen LogP contribution is 2.30. The van der Waals surface area contributed by atoms with Crippen LogP contribution in [0.2, 0.25) is 5.02 Å². The second kappa shape index (κ2) is 6.33. The van der Waals surface area contributed by atoms with Crippen molar-refractivity contribution in [2.45, 2.75) is 13.5 Å². The third kappa shape index (κ3) is 3.09. The van der Waals surface area contributed by atoms with Crippen LogP contribution in [0.4, 0.5) is 5.69 Å². The highest BCUT2D eigenvalue weighted by Gasteiger charge is 2.12. The summed E-state index contributed by atoms with van der Waals surface area (Å²) in [6.45, 7) is 1.45. The Hall–Kier alpha value is -2.86. The molecule has 0 fully saturated rings. The summed E-state index contributed by atoms with van der Waals surface area (Å²) in [7, 11) is 0. The molecule has 122 valence electrons. The molecule has 6 nitrogen and oxygen atoms in total. The SMILES string of the molecule is Cc1cc(Cl)cc(NC(=O)Cn2cnc3ccccc3c2=O)c1O. The molecule has 0 aliphatic heterocycles. The minimum absolute atomic E-state index is 0.0586. The second-order valence-corrected chi connectivity index (χ2v) is 5.80. The first-order chi connectivity index (χ1) is 11.5. The van der Waals surface area contributed by atoms with Gasteiger partial charge in [0.2, 0.25) is 5.91 Å². The van der Waals surface area contributed by atoms with Crippen molar-refractivity contribution in [3.05, 3.63) is 63.7 Å². The number of anilines is 1. The summed E-state index contributed by atoms with van der Waals surface area (Å²) in [6.07, 6.45) is 1.33. The first kappa shape index (κ1) is 16.0. The zero-order valence-electron chi connectivity index (χ0n) is 12.8. The van der Waals surface area contributed by atoms with Gasteiger partial charge in [0.1, 0.15) is 12.3 Å². The Morgan fingerprint density at radius 3 is 2.88 bits per heavy atom. The number of aromatic nitrogens is 2. The van der Waals surface area contributed by atoms with Gasteiger partial charge in [0, 0.05) is 5.02 Å². The molecule has 0 aliphatic carbocycles. The third-order valence-corrected chi connectivity index (χ3v) is 3.80. The average molecular weight is 344 g/mol. The molecule has 0 spiro atoms. The number of aromatic hydroxyl groups is 1. The summed E-state index contributed by atoms with van der Waals surface area (Å²) in [5.74, 6) is -0.525. The van der Waals surface area contributed by atoms with Crippen LogP contribution in [-0.4, -0.2) is 20.6 Å². The maximum Gasteiger partial charge on any atom is 0.261 e. The fourth-order valence-electron chi connectivity index (χ4n) is 2.39. The van der Waals surface area contributed by atoms with Crippen LogP contribution in [0.25, 0.3) is 10.9 Å². The maximum atomic E-state index is 12.4. The molecule has 0 saturated heterocycles. The van der Waals surface area contributed by atoms with E-state index in [2.05, 4.69) is 10.3 Å². The van der Waals surface area contributed by atoms with Gasteiger partial charge in [-0.1, -0.05) is 23.7 Å². The van der Waals surface area contributed by atoms with Gasteiger partial charge >= 0.3 is 0 Å².